The maximum atomic E-state index is 10.3. The molecule has 74 valence electrons. The van der Waals surface area contributed by atoms with Crippen molar-refractivity contribution < 1.29 is 9.90 Å². The van der Waals surface area contributed by atoms with Crippen LogP contribution in [-0.2, 0) is 4.79 Å². The van der Waals surface area contributed by atoms with Crippen molar-refractivity contribution in [3.63, 3.8) is 0 Å². The number of aryl methyl sites for hydroxylation is 1. The maximum Gasteiger partial charge on any atom is 0.313 e. The summed E-state index contributed by atoms with van der Waals surface area (Å²) < 4.78 is 0.635. The van der Waals surface area contributed by atoms with Crippen molar-refractivity contribution in [2.24, 2.45) is 0 Å². The number of carboxylic acids is 1. The summed E-state index contributed by atoms with van der Waals surface area (Å²) in [5, 5.41) is 8.48. The summed E-state index contributed by atoms with van der Waals surface area (Å²) in [7, 11) is 0. The molecule has 0 bridgehead atoms. The van der Waals surface area contributed by atoms with E-state index in [0.717, 1.165) is 11.1 Å². The maximum absolute atomic E-state index is 10.3. The normalized spacial score (nSPS) is 9.79. The fourth-order valence-corrected chi connectivity index (χ4v) is 1.83. The molecule has 0 saturated heterocycles. The zero-order valence-electron chi connectivity index (χ0n) is 7.69. The summed E-state index contributed by atoms with van der Waals surface area (Å²) in [6.07, 6.45) is 0. The van der Waals surface area contributed by atoms with Gasteiger partial charge in [-0.2, -0.15) is 0 Å². The number of carboxylic acid groups (broad SMARTS) is 1. The summed E-state index contributed by atoms with van der Waals surface area (Å²) in [6, 6.07) is 7.74. The molecule has 1 rings (SSSR count). The second-order valence-electron chi connectivity index (χ2n) is 2.84. The fourth-order valence-electron chi connectivity index (χ4n) is 0.983. The van der Waals surface area contributed by atoms with Gasteiger partial charge in [0.25, 0.3) is 0 Å². The molecule has 0 aliphatic rings. The molecule has 0 atom stereocenters. The molecule has 0 aliphatic heterocycles. The fraction of sp³-hybridized carbons (Fsp3) is 0.200. The number of hydrogen-bond acceptors (Lipinski definition) is 3. The molecule has 1 aromatic carbocycles. The van der Waals surface area contributed by atoms with E-state index in [1.807, 2.05) is 31.2 Å². The van der Waals surface area contributed by atoms with Crippen LogP contribution < -0.4 is 0 Å². The van der Waals surface area contributed by atoms with Crippen LogP contribution >= 0.6 is 24.0 Å². The van der Waals surface area contributed by atoms with Crippen molar-refractivity contribution >= 4 is 34.1 Å². The lowest BCUT2D eigenvalue weighted by molar-refractivity contribution is -0.133. The Hall–Kier alpha value is -0.870. The van der Waals surface area contributed by atoms with Crippen molar-refractivity contribution in [1.29, 1.82) is 0 Å². The van der Waals surface area contributed by atoms with E-state index in [1.165, 1.54) is 11.8 Å². The van der Waals surface area contributed by atoms with Crippen LogP contribution in [-0.4, -0.2) is 21.0 Å². The molecule has 1 aromatic rings. The molecule has 4 heteroatoms. The van der Waals surface area contributed by atoms with Gasteiger partial charge in [-0.05, 0) is 12.5 Å². The lowest BCUT2D eigenvalue weighted by atomic mass is 10.2. The molecule has 0 aliphatic carbocycles. The second kappa shape index (κ2) is 5.12. The molecule has 0 unspecified atom stereocenters. The molecule has 0 heterocycles. The Kier molecular flexibility index (Phi) is 4.10. The highest BCUT2D eigenvalue weighted by Gasteiger charge is 2.04. The summed E-state index contributed by atoms with van der Waals surface area (Å²) in [6.45, 7) is 1.98. The zero-order chi connectivity index (χ0) is 10.6. The first-order valence-corrected chi connectivity index (χ1v) is 5.44. The van der Waals surface area contributed by atoms with Crippen LogP contribution in [0.1, 0.15) is 11.1 Å². The lowest BCUT2D eigenvalue weighted by Crippen LogP contribution is -2.02. The molecule has 2 nitrogen and oxygen atoms in total. The van der Waals surface area contributed by atoms with E-state index < -0.39 is 5.97 Å². The topological polar surface area (TPSA) is 37.3 Å². The van der Waals surface area contributed by atoms with Gasteiger partial charge in [-0.3, -0.25) is 4.79 Å². The Morgan fingerprint density at radius 2 is 2.29 bits per heavy atom. The van der Waals surface area contributed by atoms with Gasteiger partial charge in [-0.25, -0.2) is 0 Å². The van der Waals surface area contributed by atoms with Crippen molar-refractivity contribution in [1.82, 2.24) is 0 Å². The summed E-state index contributed by atoms with van der Waals surface area (Å²) in [4.78, 5) is 10.3. The van der Waals surface area contributed by atoms with Crippen LogP contribution in [0.4, 0.5) is 0 Å². The van der Waals surface area contributed by atoms with Crippen molar-refractivity contribution in [3.8, 4) is 0 Å². The SMILES string of the molecule is Cc1cccc(C(=S)SCC(=O)O)c1. The van der Waals surface area contributed by atoms with Gasteiger partial charge in [0.2, 0.25) is 0 Å². The first kappa shape index (κ1) is 11.2. The van der Waals surface area contributed by atoms with Gasteiger partial charge in [0.15, 0.2) is 0 Å². The molecule has 0 aromatic heterocycles. The van der Waals surface area contributed by atoms with E-state index in [2.05, 4.69) is 0 Å². The molecule has 0 spiro atoms. The Bertz CT molecular complexity index is 361. The van der Waals surface area contributed by atoms with Crippen LogP contribution in [0.2, 0.25) is 0 Å². The number of benzene rings is 1. The summed E-state index contributed by atoms with van der Waals surface area (Å²) >= 11 is 6.28. The van der Waals surface area contributed by atoms with Crippen molar-refractivity contribution in [2.45, 2.75) is 6.92 Å². The average molecular weight is 226 g/mol. The largest absolute Gasteiger partial charge is 0.481 e. The third-order valence-corrected chi connectivity index (χ3v) is 3.06. The van der Waals surface area contributed by atoms with Crippen LogP contribution in [0, 0.1) is 6.92 Å². The number of carbonyl (C=O) groups is 1. The van der Waals surface area contributed by atoms with Crippen molar-refractivity contribution in [2.75, 3.05) is 5.75 Å². The molecule has 0 amide bonds. The van der Waals surface area contributed by atoms with E-state index in [1.54, 1.807) is 0 Å². The molecule has 0 saturated carbocycles. The van der Waals surface area contributed by atoms with Gasteiger partial charge >= 0.3 is 5.97 Å². The van der Waals surface area contributed by atoms with Crippen LogP contribution in [0.15, 0.2) is 24.3 Å². The minimum absolute atomic E-state index is 0.0206. The van der Waals surface area contributed by atoms with E-state index in [4.69, 9.17) is 17.3 Å². The van der Waals surface area contributed by atoms with Crippen LogP contribution in [0.5, 0.6) is 0 Å². The average Bonchev–Trinajstić information content (AvgIpc) is 2.14. The number of thiocarbonyl (C=S) groups is 1. The number of aliphatic carboxylic acids is 1. The van der Waals surface area contributed by atoms with Crippen LogP contribution in [0.25, 0.3) is 0 Å². The van der Waals surface area contributed by atoms with Gasteiger partial charge in [0.05, 0.1) is 9.95 Å². The third-order valence-electron chi connectivity index (χ3n) is 1.58. The Labute approximate surface area is 92.3 Å². The molecule has 0 radical (unpaired) electrons. The Morgan fingerprint density at radius 1 is 1.57 bits per heavy atom. The van der Waals surface area contributed by atoms with Crippen LogP contribution in [0.3, 0.4) is 0 Å². The zero-order valence-corrected chi connectivity index (χ0v) is 9.32. The monoisotopic (exact) mass is 226 g/mol. The summed E-state index contributed by atoms with van der Waals surface area (Å²) in [5.41, 5.74) is 2.05. The minimum atomic E-state index is -0.843. The van der Waals surface area contributed by atoms with Crippen molar-refractivity contribution in [3.05, 3.63) is 35.4 Å². The number of rotatable bonds is 3. The molecular formula is C10H10O2S2. The van der Waals surface area contributed by atoms with E-state index in [0.29, 0.717) is 4.20 Å². The predicted molar refractivity (Wildman–Crippen MR) is 63.0 cm³/mol. The Morgan fingerprint density at radius 3 is 2.86 bits per heavy atom. The Balaban J connectivity index is 2.65. The van der Waals surface area contributed by atoms with E-state index in [-0.39, 0.29) is 5.75 Å². The third kappa shape index (κ3) is 3.47. The molecular weight excluding hydrogens is 216 g/mol. The van der Waals surface area contributed by atoms with E-state index >= 15 is 0 Å². The van der Waals surface area contributed by atoms with E-state index in [9.17, 15) is 4.79 Å². The van der Waals surface area contributed by atoms with Gasteiger partial charge < -0.3 is 5.11 Å². The van der Waals surface area contributed by atoms with Gasteiger partial charge in [0.1, 0.15) is 0 Å². The first-order chi connectivity index (χ1) is 6.59. The van der Waals surface area contributed by atoms with Gasteiger partial charge in [0, 0.05) is 0 Å². The molecule has 0 fully saturated rings. The first-order valence-electron chi connectivity index (χ1n) is 4.05. The standard InChI is InChI=1S/C10H10O2S2/c1-7-3-2-4-8(5-7)10(13)14-6-9(11)12/h2-5H,6H2,1H3,(H,11,12). The highest BCUT2D eigenvalue weighted by Crippen LogP contribution is 2.14. The quantitative estimate of drug-likeness (QED) is 0.803. The van der Waals surface area contributed by atoms with Gasteiger partial charge in [-0.1, -0.05) is 42.0 Å². The molecule has 1 N–H and O–H groups in total. The number of hydrogen-bond donors (Lipinski definition) is 1. The number of thioether (sulfide) groups is 1. The smallest absolute Gasteiger partial charge is 0.313 e. The van der Waals surface area contributed by atoms with Gasteiger partial charge in [-0.15, -0.1) is 11.8 Å². The predicted octanol–water partition coefficient (Wildman–Crippen LogP) is 2.49. The second-order valence-corrected chi connectivity index (χ2v) is 4.49. The minimum Gasteiger partial charge on any atom is -0.481 e. The summed E-state index contributed by atoms with van der Waals surface area (Å²) in [5.74, 6) is -0.822. The molecule has 14 heavy (non-hydrogen) atoms. The highest BCUT2D eigenvalue weighted by molar-refractivity contribution is 8.24. The highest BCUT2D eigenvalue weighted by atomic mass is 32.2. The lowest BCUT2D eigenvalue weighted by Gasteiger charge is -2.02.